The summed E-state index contributed by atoms with van der Waals surface area (Å²) in [6.45, 7) is 11.4. The Morgan fingerprint density at radius 1 is 1.35 bits per heavy atom. The summed E-state index contributed by atoms with van der Waals surface area (Å²) in [5.41, 5.74) is 0. The lowest BCUT2D eigenvalue weighted by molar-refractivity contribution is -0.123. The molecule has 1 saturated heterocycles. The van der Waals surface area contributed by atoms with Gasteiger partial charge in [0.1, 0.15) is 0 Å². The summed E-state index contributed by atoms with van der Waals surface area (Å²) in [7, 11) is 1.64. The molecule has 1 fully saturated rings. The van der Waals surface area contributed by atoms with Crippen LogP contribution in [0, 0.1) is 5.92 Å². The lowest BCUT2D eigenvalue weighted by atomic mass is 10.2. The molecule has 102 valence electrons. The molecule has 0 aromatic rings. The fourth-order valence-electron chi connectivity index (χ4n) is 1.50. The van der Waals surface area contributed by atoms with Gasteiger partial charge in [-0.2, -0.15) is 0 Å². The molecule has 17 heavy (non-hydrogen) atoms. The Morgan fingerprint density at radius 2 is 1.94 bits per heavy atom. The predicted octanol–water partition coefficient (Wildman–Crippen LogP) is 1.51. The average molecular weight is 244 g/mol. The first-order valence-corrected chi connectivity index (χ1v) is 6.63. The van der Waals surface area contributed by atoms with Crippen molar-refractivity contribution in [2.75, 3.05) is 39.9 Å². The van der Waals surface area contributed by atoms with E-state index in [1.54, 1.807) is 7.05 Å². The highest BCUT2D eigenvalue weighted by Gasteiger charge is 2.07. The topological polar surface area (TPSA) is 41.6 Å². The standard InChI is InChI=1S/C8H17NO.C5H11NO/c1-2-3-4-9-5-7-10-8-6-9;1-4(2)5(7)6-3/h2-8H2,1H3;4H,1-3H3,(H,6,7). The minimum absolute atomic E-state index is 0.0972. The Labute approximate surface area is 106 Å². The zero-order valence-corrected chi connectivity index (χ0v) is 11.8. The quantitative estimate of drug-likeness (QED) is 0.815. The highest BCUT2D eigenvalue weighted by molar-refractivity contribution is 5.77. The van der Waals surface area contributed by atoms with E-state index in [1.807, 2.05) is 13.8 Å². The molecular formula is C13H28N2O2. The van der Waals surface area contributed by atoms with Gasteiger partial charge in [-0.1, -0.05) is 27.2 Å². The second-order valence-electron chi connectivity index (χ2n) is 4.58. The maximum atomic E-state index is 10.4. The number of hydrogen-bond acceptors (Lipinski definition) is 3. The van der Waals surface area contributed by atoms with E-state index < -0.39 is 0 Å². The highest BCUT2D eigenvalue weighted by Crippen LogP contribution is 1.98. The van der Waals surface area contributed by atoms with E-state index in [4.69, 9.17) is 4.74 Å². The van der Waals surface area contributed by atoms with Crippen LogP contribution in [0.25, 0.3) is 0 Å². The van der Waals surface area contributed by atoms with Crippen molar-refractivity contribution < 1.29 is 9.53 Å². The van der Waals surface area contributed by atoms with Crippen molar-refractivity contribution in [3.05, 3.63) is 0 Å². The number of amides is 1. The van der Waals surface area contributed by atoms with Crippen LogP contribution in [-0.2, 0) is 9.53 Å². The molecule has 0 atom stereocenters. The van der Waals surface area contributed by atoms with Crippen LogP contribution in [0.2, 0.25) is 0 Å². The average Bonchev–Trinajstić information content (AvgIpc) is 2.37. The lowest BCUT2D eigenvalue weighted by Gasteiger charge is -2.26. The third-order valence-corrected chi connectivity index (χ3v) is 2.70. The van der Waals surface area contributed by atoms with Gasteiger partial charge in [-0.05, 0) is 13.0 Å². The van der Waals surface area contributed by atoms with Gasteiger partial charge in [0.15, 0.2) is 0 Å². The van der Waals surface area contributed by atoms with Crippen molar-refractivity contribution in [1.29, 1.82) is 0 Å². The molecule has 0 saturated carbocycles. The largest absolute Gasteiger partial charge is 0.379 e. The van der Waals surface area contributed by atoms with Gasteiger partial charge >= 0.3 is 0 Å². The van der Waals surface area contributed by atoms with E-state index in [-0.39, 0.29) is 11.8 Å². The molecule has 0 unspecified atom stereocenters. The SMILES string of the molecule is CCCCN1CCOCC1.CNC(=O)C(C)C. The molecule has 1 heterocycles. The Kier molecular flexibility index (Phi) is 10.2. The van der Waals surface area contributed by atoms with Crippen LogP contribution in [0.3, 0.4) is 0 Å². The van der Waals surface area contributed by atoms with Crippen molar-refractivity contribution in [3.63, 3.8) is 0 Å². The van der Waals surface area contributed by atoms with Crippen molar-refractivity contribution in [2.24, 2.45) is 5.92 Å². The molecule has 0 radical (unpaired) electrons. The van der Waals surface area contributed by atoms with Gasteiger partial charge in [-0.25, -0.2) is 0 Å². The summed E-state index contributed by atoms with van der Waals surface area (Å²) in [6, 6.07) is 0. The fourth-order valence-corrected chi connectivity index (χ4v) is 1.50. The Morgan fingerprint density at radius 3 is 2.29 bits per heavy atom. The first-order valence-electron chi connectivity index (χ1n) is 6.63. The molecule has 0 spiro atoms. The maximum absolute atomic E-state index is 10.4. The van der Waals surface area contributed by atoms with E-state index in [9.17, 15) is 4.79 Å². The Hall–Kier alpha value is -0.610. The fraction of sp³-hybridized carbons (Fsp3) is 0.923. The number of ether oxygens (including phenoxy) is 1. The smallest absolute Gasteiger partial charge is 0.222 e. The first kappa shape index (κ1) is 16.4. The molecule has 4 heteroatoms. The number of morpholine rings is 1. The monoisotopic (exact) mass is 244 g/mol. The van der Waals surface area contributed by atoms with Gasteiger partial charge < -0.3 is 10.1 Å². The third-order valence-electron chi connectivity index (χ3n) is 2.70. The molecule has 0 aromatic heterocycles. The molecule has 0 bridgehead atoms. The summed E-state index contributed by atoms with van der Waals surface area (Å²) in [4.78, 5) is 12.9. The van der Waals surface area contributed by atoms with E-state index in [2.05, 4.69) is 17.1 Å². The van der Waals surface area contributed by atoms with Crippen LogP contribution in [0.1, 0.15) is 33.6 Å². The first-order chi connectivity index (χ1) is 8.11. The molecule has 4 nitrogen and oxygen atoms in total. The summed E-state index contributed by atoms with van der Waals surface area (Å²) in [5, 5.41) is 2.53. The van der Waals surface area contributed by atoms with E-state index >= 15 is 0 Å². The summed E-state index contributed by atoms with van der Waals surface area (Å²) in [6.07, 6.45) is 2.64. The predicted molar refractivity (Wildman–Crippen MR) is 71.1 cm³/mol. The van der Waals surface area contributed by atoms with Crippen molar-refractivity contribution in [2.45, 2.75) is 33.6 Å². The van der Waals surface area contributed by atoms with Crippen molar-refractivity contribution >= 4 is 5.91 Å². The van der Waals surface area contributed by atoms with E-state index in [1.165, 1.54) is 19.4 Å². The van der Waals surface area contributed by atoms with Gasteiger partial charge in [-0.3, -0.25) is 9.69 Å². The second-order valence-corrected chi connectivity index (χ2v) is 4.58. The van der Waals surface area contributed by atoms with Gasteiger partial charge in [0.05, 0.1) is 13.2 Å². The summed E-state index contributed by atoms with van der Waals surface area (Å²) < 4.78 is 5.24. The molecule has 0 aliphatic carbocycles. The molecule has 1 amide bonds. The molecular weight excluding hydrogens is 216 g/mol. The molecule has 1 rings (SSSR count). The Balaban J connectivity index is 0.000000325. The number of hydrogen-bond donors (Lipinski definition) is 1. The van der Waals surface area contributed by atoms with Gasteiger partial charge in [0.25, 0.3) is 0 Å². The number of nitrogens with zero attached hydrogens (tertiary/aromatic N) is 1. The summed E-state index contributed by atoms with van der Waals surface area (Å²) in [5.74, 6) is 0.213. The minimum atomic E-state index is 0.0972. The van der Waals surface area contributed by atoms with Crippen LogP contribution in [0.5, 0.6) is 0 Å². The number of carbonyl (C=O) groups is 1. The van der Waals surface area contributed by atoms with Gasteiger partial charge in [0.2, 0.25) is 5.91 Å². The minimum Gasteiger partial charge on any atom is -0.379 e. The number of carbonyl (C=O) groups excluding carboxylic acids is 1. The van der Waals surface area contributed by atoms with Crippen molar-refractivity contribution in [1.82, 2.24) is 10.2 Å². The van der Waals surface area contributed by atoms with Crippen LogP contribution in [-0.4, -0.2) is 50.7 Å². The van der Waals surface area contributed by atoms with Gasteiger partial charge in [0, 0.05) is 26.1 Å². The van der Waals surface area contributed by atoms with Crippen LogP contribution < -0.4 is 5.32 Å². The maximum Gasteiger partial charge on any atom is 0.222 e. The number of rotatable bonds is 4. The van der Waals surface area contributed by atoms with E-state index in [0.717, 1.165) is 26.3 Å². The van der Waals surface area contributed by atoms with Gasteiger partial charge in [-0.15, -0.1) is 0 Å². The molecule has 1 aliphatic rings. The summed E-state index contributed by atoms with van der Waals surface area (Å²) >= 11 is 0. The van der Waals surface area contributed by atoms with Crippen LogP contribution in [0.15, 0.2) is 0 Å². The zero-order valence-electron chi connectivity index (χ0n) is 11.8. The Bertz CT molecular complexity index is 190. The lowest BCUT2D eigenvalue weighted by Crippen LogP contribution is -2.36. The van der Waals surface area contributed by atoms with E-state index in [0.29, 0.717) is 0 Å². The highest BCUT2D eigenvalue weighted by atomic mass is 16.5. The number of nitrogens with one attached hydrogen (secondary N) is 1. The molecule has 0 aromatic carbocycles. The second kappa shape index (κ2) is 10.5. The van der Waals surface area contributed by atoms with Crippen LogP contribution >= 0.6 is 0 Å². The van der Waals surface area contributed by atoms with Crippen molar-refractivity contribution in [3.8, 4) is 0 Å². The zero-order chi connectivity index (χ0) is 13.1. The molecule has 1 N–H and O–H groups in total. The number of unbranched alkanes of at least 4 members (excludes halogenated alkanes) is 1. The third kappa shape index (κ3) is 9.12. The normalized spacial score (nSPS) is 16.3. The molecule has 1 aliphatic heterocycles. The van der Waals surface area contributed by atoms with Crippen LogP contribution in [0.4, 0.5) is 0 Å².